The molecule has 0 spiro atoms. The Bertz CT molecular complexity index is 1580. The molecule has 2 saturated carbocycles. The van der Waals surface area contributed by atoms with Gasteiger partial charge in [-0.2, -0.15) is 0 Å². The van der Waals surface area contributed by atoms with Crippen LogP contribution in [0.15, 0.2) is 114 Å². The van der Waals surface area contributed by atoms with E-state index in [0.29, 0.717) is 11.1 Å². The van der Waals surface area contributed by atoms with Crippen LogP contribution in [0.3, 0.4) is 0 Å². The summed E-state index contributed by atoms with van der Waals surface area (Å²) in [5.41, 5.74) is -2.89. The summed E-state index contributed by atoms with van der Waals surface area (Å²) in [6.07, 6.45) is 2.36. The summed E-state index contributed by atoms with van der Waals surface area (Å²) >= 11 is 0. The van der Waals surface area contributed by atoms with Crippen molar-refractivity contribution in [3.63, 3.8) is 0 Å². The first-order valence-corrected chi connectivity index (χ1v) is 15.9. The molecule has 0 aliphatic heterocycles. The second-order valence-corrected chi connectivity index (χ2v) is 14.3. The zero-order valence-electron chi connectivity index (χ0n) is 26.2. The number of carbonyl (C=O) groups is 1. The minimum absolute atomic E-state index is 0.0357. The predicted octanol–water partition coefficient (Wildman–Crippen LogP) is 4.95. The molecule has 4 aliphatic rings. The first kappa shape index (κ1) is 30.3. The van der Waals surface area contributed by atoms with E-state index in [1.54, 1.807) is 19.9 Å². The SMILES string of the molecule is CC1=C[C@H]2[C@@]3(O)[C@H](C)[C@@H](O)[C@]4(O)[C@H]([C@@H]3C=C(COC(c3ccccc3)(c3ccccc3)c3ccccc3)C[C@]2(O)C1=O)C4(C)C. The minimum atomic E-state index is -1.92. The molecular weight excluding hydrogens is 564 g/mol. The number of benzene rings is 3. The van der Waals surface area contributed by atoms with E-state index in [2.05, 4.69) is 0 Å². The van der Waals surface area contributed by atoms with Crippen molar-refractivity contribution in [3.05, 3.63) is 131 Å². The van der Waals surface area contributed by atoms with Gasteiger partial charge >= 0.3 is 0 Å². The summed E-state index contributed by atoms with van der Waals surface area (Å²) in [6, 6.07) is 30.0. The molecule has 0 heterocycles. The van der Waals surface area contributed by atoms with Gasteiger partial charge in [0.25, 0.3) is 0 Å². The van der Waals surface area contributed by atoms with E-state index in [4.69, 9.17) is 4.74 Å². The second kappa shape index (κ2) is 10.1. The topological polar surface area (TPSA) is 107 Å². The van der Waals surface area contributed by atoms with Crippen molar-refractivity contribution in [2.24, 2.45) is 29.1 Å². The number of fused-ring (bicyclic) bond motifs is 5. The van der Waals surface area contributed by atoms with Crippen LogP contribution in [0.1, 0.15) is 50.8 Å². The Kier molecular flexibility index (Phi) is 6.76. The molecule has 3 aromatic carbocycles. The maximum absolute atomic E-state index is 13.7. The molecule has 45 heavy (non-hydrogen) atoms. The van der Waals surface area contributed by atoms with Gasteiger partial charge in [-0.1, -0.05) is 124 Å². The van der Waals surface area contributed by atoms with Gasteiger partial charge in [0.1, 0.15) is 16.8 Å². The van der Waals surface area contributed by atoms with Crippen LogP contribution in [0, 0.1) is 29.1 Å². The van der Waals surface area contributed by atoms with Gasteiger partial charge in [-0.05, 0) is 34.8 Å². The molecule has 234 valence electrons. The minimum Gasteiger partial charge on any atom is -0.390 e. The van der Waals surface area contributed by atoms with Gasteiger partial charge in [0.2, 0.25) is 0 Å². The number of Topliss-reactive ketones (excluding diaryl/α,β-unsaturated/α-hetero) is 1. The number of ketones is 1. The molecule has 0 amide bonds. The summed E-state index contributed by atoms with van der Waals surface area (Å²) in [5, 5.41) is 48.2. The van der Waals surface area contributed by atoms with Crippen LogP contribution in [0.4, 0.5) is 0 Å². The Morgan fingerprint density at radius 1 is 0.822 bits per heavy atom. The van der Waals surface area contributed by atoms with Gasteiger partial charge in [-0.3, -0.25) is 4.79 Å². The molecule has 2 fully saturated rings. The van der Waals surface area contributed by atoms with Gasteiger partial charge in [0.05, 0.1) is 18.3 Å². The quantitative estimate of drug-likeness (QED) is 0.234. The van der Waals surface area contributed by atoms with Gasteiger partial charge in [-0.25, -0.2) is 0 Å². The molecule has 0 bridgehead atoms. The van der Waals surface area contributed by atoms with Gasteiger partial charge in [0, 0.05) is 35.5 Å². The van der Waals surface area contributed by atoms with Crippen LogP contribution in [-0.2, 0) is 15.1 Å². The highest BCUT2D eigenvalue weighted by molar-refractivity contribution is 6.04. The van der Waals surface area contributed by atoms with Crippen molar-refractivity contribution in [1.29, 1.82) is 0 Å². The van der Waals surface area contributed by atoms with Crippen molar-refractivity contribution in [3.8, 4) is 0 Å². The first-order valence-electron chi connectivity index (χ1n) is 15.9. The average molecular weight is 607 g/mol. The van der Waals surface area contributed by atoms with Crippen molar-refractivity contribution < 1.29 is 30.0 Å². The largest absolute Gasteiger partial charge is 0.390 e. The van der Waals surface area contributed by atoms with Crippen molar-refractivity contribution in [2.45, 2.75) is 62.6 Å². The van der Waals surface area contributed by atoms with Crippen molar-refractivity contribution in [1.82, 2.24) is 0 Å². The van der Waals surface area contributed by atoms with Crippen LogP contribution in [0.5, 0.6) is 0 Å². The molecule has 4 aliphatic carbocycles. The average Bonchev–Trinajstić information content (AvgIpc) is 3.45. The fourth-order valence-electron chi connectivity index (χ4n) is 9.41. The van der Waals surface area contributed by atoms with E-state index in [0.717, 1.165) is 16.7 Å². The molecule has 0 unspecified atom stereocenters. The lowest BCUT2D eigenvalue weighted by atomic mass is 9.59. The smallest absolute Gasteiger partial charge is 0.190 e. The maximum atomic E-state index is 13.7. The Morgan fingerprint density at radius 2 is 1.31 bits per heavy atom. The lowest BCUT2D eigenvalue weighted by molar-refractivity contribution is -0.209. The number of carbonyl (C=O) groups excluding carboxylic acids is 1. The highest BCUT2D eigenvalue weighted by atomic mass is 16.5. The number of hydrogen-bond donors (Lipinski definition) is 4. The fourth-order valence-corrected chi connectivity index (χ4v) is 9.41. The molecule has 0 saturated heterocycles. The van der Waals surface area contributed by atoms with Gasteiger partial charge in [0.15, 0.2) is 5.78 Å². The summed E-state index contributed by atoms with van der Waals surface area (Å²) in [5.74, 6) is -3.31. The third kappa shape index (κ3) is 3.90. The molecule has 0 aromatic heterocycles. The summed E-state index contributed by atoms with van der Waals surface area (Å²) < 4.78 is 7.12. The number of hydrogen-bond acceptors (Lipinski definition) is 6. The van der Waals surface area contributed by atoms with Gasteiger partial charge in [-0.15, -0.1) is 0 Å². The van der Waals surface area contributed by atoms with Crippen LogP contribution in [0.2, 0.25) is 0 Å². The summed E-state index contributed by atoms with van der Waals surface area (Å²) in [6.45, 7) is 7.25. The Hall–Kier alpha value is -3.39. The molecule has 7 rings (SSSR count). The highest BCUT2D eigenvalue weighted by Crippen LogP contribution is 2.75. The Balaban J connectivity index is 1.39. The van der Waals surface area contributed by atoms with Crippen molar-refractivity contribution in [2.75, 3.05) is 6.61 Å². The number of aliphatic hydroxyl groups is 4. The third-order valence-corrected chi connectivity index (χ3v) is 11.9. The zero-order chi connectivity index (χ0) is 32.0. The normalized spacial score (nSPS) is 36.6. The highest BCUT2D eigenvalue weighted by Gasteiger charge is 2.84. The fraction of sp³-hybridized carbons (Fsp3) is 0.410. The molecule has 8 atom stereocenters. The van der Waals surface area contributed by atoms with Crippen LogP contribution in [0.25, 0.3) is 0 Å². The summed E-state index contributed by atoms with van der Waals surface area (Å²) in [4.78, 5) is 13.7. The molecule has 6 heteroatoms. The molecule has 6 nitrogen and oxygen atoms in total. The van der Waals surface area contributed by atoms with E-state index < -0.39 is 63.4 Å². The van der Waals surface area contributed by atoms with Crippen molar-refractivity contribution >= 4 is 5.78 Å². The van der Waals surface area contributed by atoms with E-state index in [9.17, 15) is 25.2 Å². The predicted molar refractivity (Wildman–Crippen MR) is 171 cm³/mol. The Morgan fingerprint density at radius 3 is 1.80 bits per heavy atom. The van der Waals surface area contributed by atoms with Crippen LogP contribution < -0.4 is 0 Å². The number of rotatable bonds is 6. The first-order chi connectivity index (χ1) is 21.3. The summed E-state index contributed by atoms with van der Waals surface area (Å²) in [7, 11) is 0. The molecular formula is C39H42O6. The maximum Gasteiger partial charge on any atom is 0.190 e. The van der Waals surface area contributed by atoms with Crippen LogP contribution >= 0.6 is 0 Å². The molecule has 3 aromatic rings. The lowest BCUT2D eigenvalue weighted by Gasteiger charge is -2.51. The van der Waals surface area contributed by atoms with E-state index in [1.807, 2.05) is 111 Å². The monoisotopic (exact) mass is 606 g/mol. The lowest BCUT2D eigenvalue weighted by Crippen LogP contribution is -2.65. The molecule has 0 radical (unpaired) electrons. The molecule has 4 N–H and O–H groups in total. The zero-order valence-corrected chi connectivity index (χ0v) is 26.2. The number of ether oxygens (including phenoxy) is 1. The van der Waals surface area contributed by atoms with Gasteiger partial charge < -0.3 is 25.2 Å². The van der Waals surface area contributed by atoms with E-state index in [-0.39, 0.29) is 13.0 Å². The Labute approximate surface area is 264 Å². The van der Waals surface area contributed by atoms with Crippen LogP contribution in [-0.4, -0.2) is 55.7 Å². The van der Waals surface area contributed by atoms with E-state index in [1.165, 1.54) is 0 Å². The third-order valence-electron chi connectivity index (χ3n) is 11.9. The van der Waals surface area contributed by atoms with E-state index >= 15 is 0 Å². The number of aliphatic hydroxyl groups excluding tert-OH is 1. The second-order valence-electron chi connectivity index (χ2n) is 14.3. The standard InChI is InChI=1S/C39H42O6/c1-24-20-31-36(42,33(24)40)22-26(21-30-32-35(3,4)39(32,44)34(41)25(2)37(30,31)43)23-45-38(27-14-8-5-9-15-27,28-16-10-6-11-17-28)29-18-12-7-13-19-29/h5-21,25,30-32,34,41-44H,22-23H2,1-4H3/t25-,30+,31-,32-,34-,36-,37-,39-/m1/s1.